The van der Waals surface area contributed by atoms with Gasteiger partial charge in [0.05, 0.1) is 22.5 Å². The molecule has 11 nitrogen and oxygen atoms in total. The number of carbonyl (C=O) groups excluding carboxylic acids is 2. The molecule has 4 fully saturated rings. The van der Waals surface area contributed by atoms with Crippen LogP contribution in [0.15, 0.2) is 22.5 Å². The number of guanidine groups is 1. The number of nitrogens with two attached hydrogens (primary N) is 1. The van der Waals surface area contributed by atoms with Crippen molar-refractivity contribution in [1.29, 1.82) is 0 Å². The molecule has 1 amide bonds. The molecule has 6 atom stereocenters. The van der Waals surface area contributed by atoms with E-state index in [9.17, 15) is 19.7 Å². The molecule has 1 aromatic rings. The van der Waals surface area contributed by atoms with Gasteiger partial charge in [-0.1, -0.05) is 39.2 Å². The number of nitrogens with one attached hydrogen (secondary N) is 2. The molecule has 0 radical (unpaired) electrons. The van der Waals surface area contributed by atoms with Crippen LogP contribution >= 0.6 is 11.3 Å². The van der Waals surface area contributed by atoms with Gasteiger partial charge in [0.15, 0.2) is 10.8 Å². The van der Waals surface area contributed by atoms with Gasteiger partial charge >= 0.3 is 7.12 Å². The SMILES string of the molecule is CC(C)C[C@H](NC(=O)[C@H](CCCN=C(N)N[N+](=O)[O-])CC(=O)c1cccs1)B1O[C@@H]2C[C@H]3C[C@H](C3(C)C)[C@]2(C)O1. The van der Waals surface area contributed by atoms with Crippen LogP contribution in [0.2, 0.25) is 0 Å². The summed E-state index contributed by atoms with van der Waals surface area (Å²) in [4.78, 5) is 41.8. The number of nitrogens with zero attached hydrogens (tertiary/aromatic N) is 2. The standard InChI is InChI=1S/C27H42BN5O6S/c1-16(2)12-23(28-38-22-15-18-14-21(26(18,3)4)27(22,5)39-28)31-24(35)17(13-19(34)20-9-7-11-40-20)8-6-10-30-25(29)32-33(36)37/h7,9,11,16-18,21-23H,6,8,10,12-15H2,1-5H3,(H,31,35)(H3,29,30,32)/t17-,18-,21-,22-,23+,27+/m1/s1. The summed E-state index contributed by atoms with van der Waals surface area (Å²) >= 11 is 1.35. The lowest BCUT2D eigenvalue weighted by Crippen LogP contribution is -2.65. The van der Waals surface area contributed by atoms with Crippen molar-refractivity contribution < 1.29 is 23.9 Å². The predicted molar refractivity (Wildman–Crippen MR) is 154 cm³/mol. The van der Waals surface area contributed by atoms with E-state index in [1.165, 1.54) is 11.3 Å². The summed E-state index contributed by atoms with van der Waals surface area (Å²) in [5.41, 5.74) is 7.15. The van der Waals surface area contributed by atoms with Crippen molar-refractivity contribution in [1.82, 2.24) is 10.7 Å². The molecule has 3 aliphatic carbocycles. The molecule has 4 N–H and O–H groups in total. The van der Waals surface area contributed by atoms with Crippen LogP contribution in [0.25, 0.3) is 0 Å². The van der Waals surface area contributed by atoms with E-state index in [-0.39, 0.29) is 59.6 Å². The number of ketones is 1. The zero-order chi connectivity index (χ0) is 29.2. The Morgan fingerprint density at radius 3 is 2.70 bits per heavy atom. The van der Waals surface area contributed by atoms with Crippen molar-refractivity contribution in [2.75, 3.05) is 6.54 Å². The summed E-state index contributed by atoms with van der Waals surface area (Å²) in [6, 6.07) is 3.57. The molecule has 2 bridgehead atoms. The lowest BCUT2D eigenvalue weighted by molar-refractivity contribution is -0.525. The largest absolute Gasteiger partial charge is 0.481 e. The fourth-order valence-electron chi connectivity index (χ4n) is 6.87. The highest BCUT2D eigenvalue weighted by Gasteiger charge is 2.68. The number of thiophene rings is 1. The third-order valence-corrected chi connectivity index (χ3v) is 10.1. The molecule has 3 saturated carbocycles. The first-order valence-electron chi connectivity index (χ1n) is 14.2. The minimum absolute atomic E-state index is 0.00754. The lowest BCUT2D eigenvalue weighted by Gasteiger charge is -2.64. The number of nitro groups is 1. The van der Waals surface area contributed by atoms with Crippen LogP contribution in [0.1, 0.15) is 82.8 Å². The number of carbonyl (C=O) groups is 2. The van der Waals surface area contributed by atoms with Crippen molar-refractivity contribution in [2.45, 2.75) is 90.8 Å². The van der Waals surface area contributed by atoms with E-state index >= 15 is 0 Å². The van der Waals surface area contributed by atoms with Crippen LogP contribution in [0, 0.1) is 39.2 Å². The molecular weight excluding hydrogens is 533 g/mol. The zero-order valence-corrected chi connectivity index (χ0v) is 24.9. The molecule has 0 aromatic carbocycles. The first-order valence-corrected chi connectivity index (χ1v) is 15.1. The van der Waals surface area contributed by atoms with Crippen molar-refractivity contribution in [2.24, 2.45) is 39.8 Å². The van der Waals surface area contributed by atoms with Crippen LogP contribution in [0.5, 0.6) is 0 Å². The Bertz CT molecular complexity index is 1110. The highest BCUT2D eigenvalue weighted by molar-refractivity contribution is 7.12. The number of hydrazine groups is 1. The van der Waals surface area contributed by atoms with Gasteiger partial charge < -0.3 is 20.4 Å². The van der Waals surface area contributed by atoms with Gasteiger partial charge in [-0.15, -0.1) is 11.3 Å². The number of amides is 1. The molecule has 0 spiro atoms. The number of rotatable bonds is 13. The first-order chi connectivity index (χ1) is 18.8. The molecule has 13 heteroatoms. The summed E-state index contributed by atoms with van der Waals surface area (Å²) in [6.45, 7) is 11.2. The van der Waals surface area contributed by atoms with Gasteiger partial charge in [-0.05, 0) is 73.6 Å². The monoisotopic (exact) mass is 575 g/mol. The minimum atomic E-state index is -0.780. The predicted octanol–water partition coefficient (Wildman–Crippen LogP) is 3.61. The maximum absolute atomic E-state index is 13.7. The average Bonchev–Trinajstić information content (AvgIpc) is 3.52. The Hall–Kier alpha value is -2.51. The molecular formula is C27H42BN5O6S. The van der Waals surface area contributed by atoms with Crippen LogP contribution in [0.4, 0.5) is 0 Å². The van der Waals surface area contributed by atoms with Gasteiger partial charge in [0, 0.05) is 18.9 Å². The third-order valence-electron chi connectivity index (χ3n) is 9.15. The molecule has 0 unspecified atom stereocenters. The zero-order valence-electron chi connectivity index (χ0n) is 24.1. The minimum Gasteiger partial charge on any atom is -0.404 e. The lowest BCUT2D eigenvalue weighted by atomic mass is 9.43. The average molecular weight is 576 g/mol. The number of hydrogen-bond donors (Lipinski definition) is 3. The third kappa shape index (κ3) is 6.52. The van der Waals surface area contributed by atoms with E-state index in [0.717, 1.165) is 12.8 Å². The molecule has 1 aliphatic heterocycles. The summed E-state index contributed by atoms with van der Waals surface area (Å²) < 4.78 is 13.2. The van der Waals surface area contributed by atoms with E-state index in [0.29, 0.717) is 36.0 Å². The van der Waals surface area contributed by atoms with Gasteiger partial charge in [0.25, 0.3) is 5.96 Å². The van der Waals surface area contributed by atoms with E-state index in [2.05, 4.69) is 44.9 Å². The van der Waals surface area contributed by atoms with Gasteiger partial charge in [0.2, 0.25) is 5.91 Å². The van der Waals surface area contributed by atoms with Gasteiger partial charge in [-0.3, -0.25) is 9.59 Å². The molecule has 1 saturated heterocycles. The summed E-state index contributed by atoms with van der Waals surface area (Å²) in [6.07, 6.45) is 3.65. The van der Waals surface area contributed by atoms with Crippen LogP contribution in [-0.4, -0.2) is 54.0 Å². The van der Waals surface area contributed by atoms with Crippen molar-refractivity contribution >= 4 is 36.1 Å². The topological polar surface area (TPSA) is 158 Å². The van der Waals surface area contributed by atoms with Crippen molar-refractivity contribution in [3.8, 4) is 0 Å². The molecule has 1 aromatic heterocycles. The molecule has 4 aliphatic rings. The second-order valence-corrected chi connectivity index (χ2v) is 13.6. The maximum Gasteiger partial charge on any atom is 0.481 e. The quantitative estimate of drug-likeness (QED) is 0.0612. The summed E-state index contributed by atoms with van der Waals surface area (Å²) in [7, 11) is -0.553. The second kappa shape index (κ2) is 12.2. The van der Waals surface area contributed by atoms with E-state index in [4.69, 9.17) is 15.0 Å². The fraction of sp³-hybridized carbons (Fsp3) is 0.741. The molecule has 40 heavy (non-hydrogen) atoms. The Labute approximate surface area is 240 Å². The highest BCUT2D eigenvalue weighted by Crippen LogP contribution is 2.65. The van der Waals surface area contributed by atoms with Crippen molar-refractivity contribution in [3.05, 3.63) is 32.5 Å². The van der Waals surface area contributed by atoms with Gasteiger partial charge in [-0.25, -0.2) is 15.1 Å². The highest BCUT2D eigenvalue weighted by atomic mass is 32.1. The number of Topliss-reactive ketones (excluding diaryl/α,β-unsaturated/α-hetero) is 1. The number of aliphatic imine (C=N–C) groups is 1. The normalized spacial score (nSPS) is 28.4. The Kier molecular flexibility index (Phi) is 9.26. The van der Waals surface area contributed by atoms with Crippen molar-refractivity contribution in [3.63, 3.8) is 0 Å². The molecule has 2 heterocycles. The fourth-order valence-corrected chi connectivity index (χ4v) is 7.55. The molecule has 5 rings (SSSR count). The van der Waals surface area contributed by atoms with Crippen LogP contribution < -0.4 is 16.5 Å². The summed E-state index contributed by atoms with van der Waals surface area (Å²) in [5, 5.41) is 14.8. The Morgan fingerprint density at radius 2 is 2.08 bits per heavy atom. The molecule has 220 valence electrons. The van der Waals surface area contributed by atoms with Crippen LogP contribution in [0.3, 0.4) is 0 Å². The second-order valence-electron chi connectivity index (χ2n) is 12.7. The maximum atomic E-state index is 13.7. The van der Waals surface area contributed by atoms with E-state index in [1.807, 2.05) is 11.4 Å². The van der Waals surface area contributed by atoms with Gasteiger partial charge in [-0.2, -0.15) is 0 Å². The Morgan fingerprint density at radius 1 is 1.32 bits per heavy atom. The number of hydrogen-bond acceptors (Lipinski definition) is 8. The first kappa shape index (κ1) is 30.5. The van der Waals surface area contributed by atoms with Crippen LogP contribution in [-0.2, 0) is 14.1 Å². The van der Waals surface area contributed by atoms with E-state index < -0.39 is 18.1 Å². The Balaban J connectivity index is 1.45. The smallest absolute Gasteiger partial charge is 0.404 e. The van der Waals surface area contributed by atoms with E-state index in [1.54, 1.807) is 11.5 Å². The van der Waals surface area contributed by atoms with Gasteiger partial charge in [0.1, 0.15) is 0 Å². The summed E-state index contributed by atoms with van der Waals surface area (Å²) in [5.74, 6) is -0.253.